The van der Waals surface area contributed by atoms with E-state index in [9.17, 15) is 0 Å². The molecule has 4 aromatic rings. The first kappa shape index (κ1) is 15.3. The summed E-state index contributed by atoms with van der Waals surface area (Å²) >= 11 is 0. The third kappa shape index (κ3) is 2.71. The van der Waals surface area contributed by atoms with Crippen LogP contribution in [0.25, 0.3) is 17.3 Å². The first-order valence-electron chi connectivity index (χ1n) is 8.02. The third-order valence-electron chi connectivity index (χ3n) is 4.23. The van der Waals surface area contributed by atoms with Gasteiger partial charge in [-0.05, 0) is 43.3 Å². The number of rotatable bonds is 5. The minimum Gasteiger partial charge on any atom is -0.497 e. The van der Waals surface area contributed by atoms with Crippen molar-refractivity contribution in [1.29, 1.82) is 0 Å². The van der Waals surface area contributed by atoms with Gasteiger partial charge in [0.25, 0.3) is 0 Å². The van der Waals surface area contributed by atoms with Gasteiger partial charge in [-0.15, -0.1) is 0 Å². The highest BCUT2D eigenvalue weighted by molar-refractivity contribution is 5.52. The van der Waals surface area contributed by atoms with E-state index in [1.54, 1.807) is 25.8 Å². The monoisotopic (exact) mass is 334 g/mol. The van der Waals surface area contributed by atoms with Crippen LogP contribution >= 0.6 is 0 Å². The third-order valence-corrected chi connectivity index (χ3v) is 4.23. The Balaban J connectivity index is 1.75. The van der Waals surface area contributed by atoms with Crippen molar-refractivity contribution in [2.24, 2.45) is 0 Å². The molecule has 1 aromatic carbocycles. The van der Waals surface area contributed by atoms with E-state index < -0.39 is 0 Å². The highest BCUT2D eigenvalue weighted by Crippen LogP contribution is 2.27. The highest BCUT2D eigenvalue weighted by Gasteiger charge is 2.19. The summed E-state index contributed by atoms with van der Waals surface area (Å²) in [6.45, 7) is 2.07. The van der Waals surface area contributed by atoms with Crippen molar-refractivity contribution in [3.05, 3.63) is 73.2 Å². The standard InChI is InChI=1S/C19H18N4O2/c1-14(17-4-3-13-25-17)22-11-9-20-18(22)19-21-10-12-23(19)15-5-7-16(24-2)8-6-15/h3-14H,1-2H3/t14-/m0/s1. The fourth-order valence-corrected chi connectivity index (χ4v) is 2.88. The molecule has 0 aliphatic rings. The molecule has 0 spiro atoms. The average molecular weight is 334 g/mol. The molecule has 0 fully saturated rings. The predicted octanol–water partition coefficient (Wildman–Crippen LogP) is 3.95. The van der Waals surface area contributed by atoms with Gasteiger partial charge in [-0.1, -0.05) is 0 Å². The molecule has 0 saturated heterocycles. The number of aromatic nitrogens is 4. The summed E-state index contributed by atoms with van der Waals surface area (Å²) in [5.41, 5.74) is 0.994. The number of methoxy groups -OCH3 is 1. The van der Waals surface area contributed by atoms with Gasteiger partial charge in [0.05, 0.1) is 19.4 Å². The number of ether oxygens (including phenoxy) is 1. The molecule has 0 bridgehead atoms. The Kier molecular flexibility index (Phi) is 3.85. The lowest BCUT2D eigenvalue weighted by atomic mass is 10.2. The zero-order valence-corrected chi connectivity index (χ0v) is 14.0. The second-order valence-electron chi connectivity index (χ2n) is 5.67. The minimum atomic E-state index is 0.0218. The lowest BCUT2D eigenvalue weighted by Gasteiger charge is -2.15. The first-order valence-corrected chi connectivity index (χ1v) is 8.02. The van der Waals surface area contributed by atoms with Gasteiger partial charge < -0.3 is 13.7 Å². The Morgan fingerprint density at radius 3 is 2.48 bits per heavy atom. The maximum absolute atomic E-state index is 5.54. The topological polar surface area (TPSA) is 58.0 Å². The molecule has 0 radical (unpaired) electrons. The molecule has 0 aliphatic heterocycles. The zero-order valence-electron chi connectivity index (χ0n) is 14.0. The van der Waals surface area contributed by atoms with Gasteiger partial charge in [-0.2, -0.15) is 0 Å². The summed E-state index contributed by atoms with van der Waals surface area (Å²) < 4.78 is 14.8. The van der Waals surface area contributed by atoms with E-state index in [2.05, 4.69) is 21.5 Å². The van der Waals surface area contributed by atoms with Crippen molar-refractivity contribution < 1.29 is 9.15 Å². The molecule has 0 amide bonds. The van der Waals surface area contributed by atoms with Crippen molar-refractivity contribution in [2.45, 2.75) is 13.0 Å². The Morgan fingerprint density at radius 1 is 1.00 bits per heavy atom. The summed E-state index contributed by atoms with van der Waals surface area (Å²) in [6.07, 6.45) is 9.10. The normalized spacial score (nSPS) is 12.2. The van der Waals surface area contributed by atoms with Gasteiger partial charge in [0.1, 0.15) is 11.5 Å². The van der Waals surface area contributed by atoms with Crippen LogP contribution in [0, 0.1) is 0 Å². The summed E-state index contributed by atoms with van der Waals surface area (Å²) in [4.78, 5) is 9.04. The number of imidazole rings is 2. The molecule has 0 saturated carbocycles. The maximum Gasteiger partial charge on any atom is 0.181 e. The average Bonchev–Trinajstić information content (AvgIpc) is 3.41. The largest absolute Gasteiger partial charge is 0.497 e. The van der Waals surface area contributed by atoms with E-state index in [0.717, 1.165) is 28.8 Å². The van der Waals surface area contributed by atoms with Crippen molar-refractivity contribution in [3.63, 3.8) is 0 Å². The van der Waals surface area contributed by atoms with E-state index in [1.165, 1.54) is 0 Å². The van der Waals surface area contributed by atoms with Crippen molar-refractivity contribution >= 4 is 0 Å². The number of benzene rings is 1. The van der Waals surface area contributed by atoms with E-state index >= 15 is 0 Å². The van der Waals surface area contributed by atoms with Crippen LogP contribution in [0.3, 0.4) is 0 Å². The van der Waals surface area contributed by atoms with Crippen LogP contribution in [0.1, 0.15) is 18.7 Å². The van der Waals surface area contributed by atoms with Gasteiger partial charge in [-0.25, -0.2) is 9.97 Å². The van der Waals surface area contributed by atoms with Crippen LogP contribution in [0.5, 0.6) is 5.75 Å². The van der Waals surface area contributed by atoms with Crippen molar-refractivity contribution in [2.75, 3.05) is 7.11 Å². The molecule has 4 rings (SSSR count). The van der Waals surface area contributed by atoms with E-state index in [-0.39, 0.29) is 6.04 Å². The molecule has 6 nitrogen and oxygen atoms in total. The van der Waals surface area contributed by atoms with Crippen LogP contribution in [0.2, 0.25) is 0 Å². The van der Waals surface area contributed by atoms with E-state index in [0.29, 0.717) is 0 Å². The first-order chi connectivity index (χ1) is 12.3. The summed E-state index contributed by atoms with van der Waals surface area (Å²) in [5.74, 6) is 3.25. The summed E-state index contributed by atoms with van der Waals surface area (Å²) in [7, 11) is 1.66. The summed E-state index contributed by atoms with van der Waals surface area (Å²) in [6, 6.07) is 11.7. The molecule has 126 valence electrons. The van der Waals surface area contributed by atoms with Gasteiger partial charge in [0.2, 0.25) is 0 Å². The Morgan fingerprint density at radius 2 is 1.76 bits per heavy atom. The second-order valence-corrected chi connectivity index (χ2v) is 5.67. The Hall–Kier alpha value is -3.28. The van der Waals surface area contributed by atoms with Crippen LogP contribution in [-0.2, 0) is 0 Å². The Bertz CT molecular complexity index is 952. The molecule has 6 heteroatoms. The fourth-order valence-electron chi connectivity index (χ4n) is 2.88. The van der Waals surface area contributed by atoms with Gasteiger partial charge >= 0.3 is 0 Å². The second kappa shape index (κ2) is 6.32. The van der Waals surface area contributed by atoms with Crippen molar-refractivity contribution in [3.8, 4) is 23.1 Å². The molecule has 0 N–H and O–H groups in total. The molecule has 0 unspecified atom stereocenters. The molecule has 3 aromatic heterocycles. The fraction of sp³-hybridized carbons (Fsp3) is 0.158. The minimum absolute atomic E-state index is 0.0218. The molecule has 1 atom stereocenters. The van der Waals surface area contributed by atoms with Crippen LogP contribution < -0.4 is 4.74 Å². The number of furan rings is 1. The van der Waals surface area contributed by atoms with Crippen LogP contribution in [0.15, 0.2) is 71.9 Å². The lowest BCUT2D eigenvalue weighted by Crippen LogP contribution is -2.09. The van der Waals surface area contributed by atoms with Gasteiger partial charge in [0.15, 0.2) is 11.6 Å². The van der Waals surface area contributed by atoms with Crippen LogP contribution in [-0.4, -0.2) is 26.2 Å². The Labute approximate surface area is 145 Å². The van der Waals surface area contributed by atoms with E-state index in [1.807, 2.05) is 53.4 Å². The number of hydrogen-bond donors (Lipinski definition) is 0. The lowest BCUT2D eigenvalue weighted by molar-refractivity contribution is 0.414. The smallest absolute Gasteiger partial charge is 0.181 e. The number of nitrogens with zero attached hydrogens (tertiary/aromatic N) is 4. The highest BCUT2D eigenvalue weighted by atomic mass is 16.5. The summed E-state index contributed by atoms with van der Waals surface area (Å²) in [5, 5.41) is 0. The molecule has 25 heavy (non-hydrogen) atoms. The van der Waals surface area contributed by atoms with Crippen LogP contribution in [0.4, 0.5) is 0 Å². The van der Waals surface area contributed by atoms with E-state index in [4.69, 9.17) is 9.15 Å². The van der Waals surface area contributed by atoms with Gasteiger partial charge in [0, 0.05) is 30.5 Å². The molecule has 3 heterocycles. The number of hydrogen-bond acceptors (Lipinski definition) is 4. The predicted molar refractivity (Wildman–Crippen MR) is 93.9 cm³/mol. The van der Waals surface area contributed by atoms with Gasteiger partial charge in [-0.3, -0.25) is 4.57 Å². The molecular formula is C19H18N4O2. The molecular weight excluding hydrogens is 316 g/mol. The zero-order chi connectivity index (χ0) is 17.2. The van der Waals surface area contributed by atoms with Crippen molar-refractivity contribution in [1.82, 2.24) is 19.1 Å². The molecule has 0 aliphatic carbocycles. The maximum atomic E-state index is 5.54. The SMILES string of the molecule is COc1ccc(-n2ccnc2-c2nccn2[C@@H](C)c2ccco2)cc1. The quantitative estimate of drug-likeness (QED) is 0.554.